The molecule has 0 saturated carbocycles. The number of unbranched alkanes of at least 4 members (excludes halogenated alkanes) is 44. The minimum atomic E-state index is -4.93. The Bertz CT molecular complexity index is 2330. The molecule has 622 valence electrons. The summed E-state index contributed by atoms with van der Waals surface area (Å²) in [6, 6.07) is 0. The number of phosphoric acid groups is 2. The van der Waals surface area contributed by atoms with Crippen molar-refractivity contribution in [3.05, 3.63) is 97.2 Å². The maximum absolute atomic E-state index is 13.0. The molecule has 107 heavy (non-hydrogen) atoms. The molecular weight excluding hydrogens is 1390 g/mol. The number of hydrogen-bond donors (Lipinski definition) is 4. The Kier molecular flexibility index (Phi) is 79.2. The molecule has 0 bridgehead atoms. The van der Waals surface area contributed by atoms with Gasteiger partial charge in [-0.3, -0.25) is 32.5 Å². The van der Waals surface area contributed by atoms with Crippen LogP contribution in [-0.2, 0) is 55.8 Å². The number of carbonyl (C=O) groups excluding carboxylic acids is 3. The fourth-order valence-corrected chi connectivity index (χ4v) is 13.7. The van der Waals surface area contributed by atoms with Gasteiger partial charge >= 0.3 is 33.6 Å². The normalized spacial score (nSPS) is 14.3. The van der Waals surface area contributed by atoms with Crippen LogP contribution in [0.25, 0.3) is 0 Å². The Morgan fingerprint density at radius 1 is 0.262 bits per heavy atom. The number of esters is 3. The van der Waals surface area contributed by atoms with E-state index >= 15 is 0 Å². The van der Waals surface area contributed by atoms with Crippen LogP contribution in [0.15, 0.2) is 97.2 Å². The molecular formula is C89H160O16P2. The predicted molar refractivity (Wildman–Crippen MR) is 445 cm³/mol. The van der Waals surface area contributed by atoms with Gasteiger partial charge in [0.1, 0.15) is 25.4 Å². The first-order valence-corrected chi connectivity index (χ1v) is 46.5. The molecule has 0 fully saturated rings. The van der Waals surface area contributed by atoms with Crippen molar-refractivity contribution in [3.63, 3.8) is 0 Å². The second-order valence-electron chi connectivity index (χ2n) is 29.3. The molecule has 0 aromatic carbocycles. The van der Waals surface area contributed by atoms with Gasteiger partial charge in [0.2, 0.25) is 0 Å². The average molecular weight is 1550 g/mol. The predicted octanol–water partition coefficient (Wildman–Crippen LogP) is 26.1. The first-order chi connectivity index (χ1) is 52.2. The molecule has 0 spiro atoms. The number of carbonyl (C=O) groups is 3. The Labute approximate surface area is 654 Å². The standard InChI is InChI=1S/C89H160O16P2/c1-4-7-10-13-16-19-22-25-28-30-32-34-35-36-37-38-39-40-41-42-43-44-45-46-47-49-51-52-55-57-60-63-66-69-72-75-87(92)99-78-84(90)79-101-106(95,96)102-80-85(91)81-103-107(97,98)104-83-86(105-89(94)77-74-71-68-65-62-59-54-27-24-21-18-15-12-9-6-3)82-100-88(93)76-73-70-67-64-61-58-56-53-50-48-33-31-29-26-23-20-17-14-11-8-5-2/h16-17,19-20,25-26,28-29,32-34,36-37,48,53,56,84-86,90-91H,4-15,18,21-24,27,30-31,35,38-47,49-52,54-55,57-83H2,1-3H3,(H,95,96)(H,97,98)/b19-16-,20-17-,28-25-,29-26-,34-32-,37-36-,48-33-,56-53-. The minimum absolute atomic E-state index is 0.105. The van der Waals surface area contributed by atoms with Crippen molar-refractivity contribution < 1.29 is 75.8 Å². The van der Waals surface area contributed by atoms with Crippen LogP contribution in [0.2, 0.25) is 0 Å². The summed E-state index contributed by atoms with van der Waals surface area (Å²) in [6.45, 7) is 2.67. The molecule has 0 aliphatic rings. The molecule has 0 saturated heterocycles. The largest absolute Gasteiger partial charge is 0.472 e. The molecule has 18 heteroatoms. The molecule has 0 rings (SSSR count). The van der Waals surface area contributed by atoms with E-state index in [9.17, 15) is 43.5 Å². The van der Waals surface area contributed by atoms with E-state index in [-0.39, 0.29) is 19.3 Å². The third-order valence-electron chi connectivity index (χ3n) is 18.8. The van der Waals surface area contributed by atoms with Gasteiger partial charge < -0.3 is 34.2 Å². The van der Waals surface area contributed by atoms with E-state index in [4.69, 9.17) is 32.3 Å². The zero-order valence-electron chi connectivity index (χ0n) is 68.3. The molecule has 16 nitrogen and oxygen atoms in total. The number of phosphoric ester groups is 2. The summed E-state index contributed by atoms with van der Waals surface area (Å²) in [6.07, 6.45) is 96.1. The lowest BCUT2D eigenvalue weighted by molar-refractivity contribution is -0.161. The topological polar surface area (TPSA) is 231 Å². The van der Waals surface area contributed by atoms with Crippen molar-refractivity contribution in [1.29, 1.82) is 0 Å². The van der Waals surface area contributed by atoms with Crippen molar-refractivity contribution in [1.82, 2.24) is 0 Å². The number of rotatable bonds is 83. The fourth-order valence-electron chi connectivity index (χ4n) is 12.1. The van der Waals surface area contributed by atoms with Crippen LogP contribution in [0.1, 0.15) is 393 Å². The highest BCUT2D eigenvalue weighted by molar-refractivity contribution is 7.47. The molecule has 0 aromatic rings. The van der Waals surface area contributed by atoms with Crippen molar-refractivity contribution in [2.24, 2.45) is 0 Å². The van der Waals surface area contributed by atoms with Crippen LogP contribution in [0.4, 0.5) is 0 Å². The van der Waals surface area contributed by atoms with Crippen LogP contribution >= 0.6 is 15.6 Å². The second-order valence-corrected chi connectivity index (χ2v) is 32.3. The number of hydrogen-bond acceptors (Lipinski definition) is 14. The van der Waals surface area contributed by atoms with Gasteiger partial charge in [-0.1, -0.05) is 362 Å². The van der Waals surface area contributed by atoms with Gasteiger partial charge in [0.25, 0.3) is 0 Å². The summed E-state index contributed by atoms with van der Waals surface area (Å²) in [7, 11) is -9.79. The second kappa shape index (κ2) is 81.9. The zero-order chi connectivity index (χ0) is 78.0. The molecule has 0 aliphatic carbocycles. The van der Waals surface area contributed by atoms with Crippen LogP contribution in [-0.4, -0.2) is 95.9 Å². The quantitative estimate of drug-likeness (QED) is 0.0146. The van der Waals surface area contributed by atoms with Crippen LogP contribution in [0.3, 0.4) is 0 Å². The molecule has 4 N–H and O–H groups in total. The van der Waals surface area contributed by atoms with E-state index < -0.39 is 91.5 Å². The minimum Gasteiger partial charge on any atom is -0.463 e. The van der Waals surface area contributed by atoms with Crippen LogP contribution < -0.4 is 0 Å². The van der Waals surface area contributed by atoms with Gasteiger partial charge in [-0.15, -0.1) is 0 Å². The van der Waals surface area contributed by atoms with Crippen molar-refractivity contribution in [2.45, 2.75) is 411 Å². The number of aliphatic hydroxyl groups excluding tert-OH is 2. The average Bonchev–Trinajstić information content (AvgIpc) is 0.906. The first kappa shape index (κ1) is 103. The van der Waals surface area contributed by atoms with E-state index in [1.807, 2.05) is 0 Å². The van der Waals surface area contributed by atoms with Gasteiger partial charge in [-0.05, 0) is 109 Å². The Hall–Kier alpha value is -3.53. The summed E-state index contributed by atoms with van der Waals surface area (Å²) in [4.78, 5) is 58.7. The van der Waals surface area contributed by atoms with Gasteiger partial charge in [0.15, 0.2) is 6.10 Å². The van der Waals surface area contributed by atoms with Gasteiger partial charge in [0, 0.05) is 19.3 Å². The number of aliphatic hydroxyl groups is 2. The zero-order valence-corrected chi connectivity index (χ0v) is 70.1. The first-order valence-electron chi connectivity index (χ1n) is 43.5. The molecule has 5 atom stereocenters. The van der Waals surface area contributed by atoms with Crippen molar-refractivity contribution >= 4 is 33.6 Å². The Morgan fingerprint density at radius 2 is 0.467 bits per heavy atom. The molecule has 5 unspecified atom stereocenters. The summed E-state index contributed by atoms with van der Waals surface area (Å²) < 4.78 is 61.3. The summed E-state index contributed by atoms with van der Waals surface area (Å²) in [5.74, 6) is -1.57. The summed E-state index contributed by atoms with van der Waals surface area (Å²) >= 11 is 0. The SMILES string of the molecule is CCCCC/C=C\C/C=C\C/C=C\C/C=C\CCCCCCCCCCCCCCCCCCCCCC(=O)OCC(O)COP(=O)(O)OCC(O)COP(=O)(O)OCC(COC(=O)CCCCCCC/C=C\C/C=C\C/C=C\C/C=C\CCCCC)OC(=O)CCCCCCCCCCCCCCCCC. The smallest absolute Gasteiger partial charge is 0.463 e. The van der Waals surface area contributed by atoms with Crippen LogP contribution in [0, 0.1) is 0 Å². The molecule has 0 amide bonds. The molecule has 0 heterocycles. The van der Waals surface area contributed by atoms with E-state index in [0.717, 1.165) is 116 Å². The van der Waals surface area contributed by atoms with E-state index in [0.29, 0.717) is 19.3 Å². The highest BCUT2D eigenvalue weighted by atomic mass is 31.2. The van der Waals surface area contributed by atoms with Gasteiger partial charge in [-0.25, -0.2) is 9.13 Å². The molecule has 0 aliphatic heterocycles. The maximum atomic E-state index is 13.0. The third kappa shape index (κ3) is 83.2. The number of ether oxygens (including phenoxy) is 3. The number of allylic oxidation sites excluding steroid dienone is 16. The maximum Gasteiger partial charge on any atom is 0.472 e. The summed E-state index contributed by atoms with van der Waals surface area (Å²) in [5, 5.41) is 20.7. The highest BCUT2D eigenvalue weighted by Gasteiger charge is 2.29. The van der Waals surface area contributed by atoms with Gasteiger partial charge in [0.05, 0.1) is 26.4 Å². The third-order valence-corrected chi connectivity index (χ3v) is 20.7. The van der Waals surface area contributed by atoms with Crippen molar-refractivity contribution in [2.75, 3.05) is 39.6 Å². The fraction of sp³-hybridized carbons (Fsp3) is 0.787. The van der Waals surface area contributed by atoms with Crippen molar-refractivity contribution in [3.8, 4) is 0 Å². The van der Waals surface area contributed by atoms with E-state index in [1.165, 1.54) is 218 Å². The van der Waals surface area contributed by atoms with Gasteiger partial charge in [-0.2, -0.15) is 0 Å². The highest BCUT2D eigenvalue weighted by Crippen LogP contribution is 2.45. The van der Waals surface area contributed by atoms with Crippen LogP contribution in [0.5, 0.6) is 0 Å². The Balaban J connectivity index is 4.40. The Morgan fingerprint density at radius 3 is 0.757 bits per heavy atom. The summed E-state index contributed by atoms with van der Waals surface area (Å²) in [5.41, 5.74) is 0. The van der Waals surface area contributed by atoms with E-state index in [2.05, 4.69) is 118 Å². The lowest BCUT2D eigenvalue weighted by atomic mass is 10.0. The molecule has 0 radical (unpaired) electrons. The molecule has 0 aromatic heterocycles. The lowest BCUT2D eigenvalue weighted by Crippen LogP contribution is -2.30. The lowest BCUT2D eigenvalue weighted by Gasteiger charge is -2.21. The monoisotopic (exact) mass is 1550 g/mol. The van der Waals surface area contributed by atoms with E-state index in [1.54, 1.807) is 0 Å².